The molecule has 0 N–H and O–H groups in total. The highest BCUT2D eigenvalue weighted by molar-refractivity contribution is 14.1. The maximum Gasteiger partial charge on any atom is 0.153 e. The molecule has 0 aliphatic carbocycles. The molecule has 0 heterocycles. The zero-order valence-electron chi connectivity index (χ0n) is 5.88. The first-order valence-corrected chi connectivity index (χ1v) is 4.17. The number of hydrogen-bond donors (Lipinski definition) is 0. The second-order valence-electron chi connectivity index (χ2n) is 2.11. The van der Waals surface area contributed by atoms with Crippen LogP contribution in [-0.2, 0) is 0 Å². The van der Waals surface area contributed by atoms with Gasteiger partial charge in [0.1, 0.15) is 5.82 Å². The van der Waals surface area contributed by atoms with Crippen LogP contribution in [0.3, 0.4) is 0 Å². The SMILES string of the molecule is O=Cc1ccc(C=O)c(I)c1F. The molecule has 0 aliphatic rings. The van der Waals surface area contributed by atoms with E-state index < -0.39 is 5.82 Å². The third-order valence-electron chi connectivity index (χ3n) is 1.40. The average Bonchev–Trinajstić information content (AvgIpc) is 2.10. The number of benzene rings is 1. The molecule has 0 radical (unpaired) electrons. The molecule has 0 unspecified atom stereocenters. The zero-order valence-corrected chi connectivity index (χ0v) is 8.04. The summed E-state index contributed by atoms with van der Waals surface area (Å²) in [6, 6.07) is 2.70. The summed E-state index contributed by atoms with van der Waals surface area (Å²) in [5.41, 5.74) is 0.240. The van der Waals surface area contributed by atoms with Crippen LogP contribution in [-0.4, -0.2) is 12.6 Å². The van der Waals surface area contributed by atoms with Crippen LogP contribution in [0.4, 0.5) is 4.39 Å². The predicted molar refractivity (Wildman–Crippen MR) is 49.9 cm³/mol. The third-order valence-corrected chi connectivity index (χ3v) is 2.49. The van der Waals surface area contributed by atoms with E-state index in [1.807, 2.05) is 0 Å². The van der Waals surface area contributed by atoms with Crippen molar-refractivity contribution in [1.82, 2.24) is 0 Å². The number of hydrogen-bond acceptors (Lipinski definition) is 2. The minimum absolute atomic E-state index is 0.0231. The van der Waals surface area contributed by atoms with E-state index in [1.165, 1.54) is 12.1 Å². The van der Waals surface area contributed by atoms with E-state index in [2.05, 4.69) is 0 Å². The summed E-state index contributed by atoms with van der Waals surface area (Å²) in [5.74, 6) is -0.629. The van der Waals surface area contributed by atoms with Crippen LogP contribution in [0.2, 0.25) is 0 Å². The fourth-order valence-corrected chi connectivity index (χ4v) is 1.38. The van der Waals surface area contributed by atoms with Gasteiger partial charge in [-0.15, -0.1) is 0 Å². The monoisotopic (exact) mass is 278 g/mol. The topological polar surface area (TPSA) is 34.1 Å². The van der Waals surface area contributed by atoms with Crippen LogP contribution in [0.15, 0.2) is 12.1 Å². The lowest BCUT2D eigenvalue weighted by Crippen LogP contribution is -1.96. The lowest BCUT2D eigenvalue weighted by atomic mass is 10.1. The van der Waals surface area contributed by atoms with E-state index in [-0.39, 0.29) is 14.7 Å². The molecule has 0 spiro atoms. The number of aldehydes is 2. The number of rotatable bonds is 2. The molecule has 2 nitrogen and oxygen atoms in total. The van der Waals surface area contributed by atoms with Crippen molar-refractivity contribution in [1.29, 1.82) is 0 Å². The fraction of sp³-hybridized carbons (Fsp3) is 0. The average molecular weight is 278 g/mol. The second-order valence-corrected chi connectivity index (χ2v) is 3.19. The van der Waals surface area contributed by atoms with Gasteiger partial charge in [0.05, 0.1) is 9.13 Å². The molecule has 4 heteroatoms. The van der Waals surface area contributed by atoms with Crippen LogP contribution in [0.1, 0.15) is 20.7 Å². The van der Waals surface area contributed by atoms with Crippen molar-refractivity contribution in [3.8, 4) is 0 Å². The second kappa shape index (κ2) is 3.75. The minimum Gasteiger partial charge on any atom is -0.298 e. The summed E-state index contributed by atoms with van der Waals surface area (Å²) < 4.78 is 13.2. The molecule has 0 bridgehead atoms. The van der Waals surface area contributed by atoms with Gasteiger partial charge in [-0.3, -0.25) is 9.59 Å². The molecule has 0 atom stereocenters. The molecular formula is C8H4FIO2. The van der Waals surface area contributed by atoms with Gasteiger partial charge in [-0.2, -0.15) is 0 Å². The first-order valence-electron chi connectivity index (χ1n) is 3.09. The van der Waals surface area contributed by atoms with Gasteiger partial charge in [-0.25, -0.2) is 4.39 Å². The molecule has 0 aliphatic heterocycles. The lowest BCUT2D eigenvalue weighted by Gasteiger charge is -1.99. The van der Waals surface area contributed by atoms with E-state index >= 15 is 0 Å². The Bertz CT molecular complexity index is 303. The first-order chi connectivity index (χ1) is 5.70. The molecule has 0 saturated carbocycles. The quantitative estimate of drug-likeness (QED) is 0.613. The molecule has 1 aromatic carbocycles. The molecular weight excluding hydrogens is 274 g/mol. The first kappa shape index (κ1) is 9.31. The Morgan fingerprint density at radius 3 is 2.17 bits per heavy atom. The van der Waals surface area contributed by atoms with E-state index in [1.54, 1.807) is 22.6 Å². The highest BCUT2D eigenvalue weighted by atomic mass is 127. The van der Waals surface area contributed by atoms with Crippen molar-refractivity contribution in [2.24, 2.45) is 0 Å². The molecule has 0 saturated heterocycles. The summed E-state index contributed by atoms with van der Waals surface area (Å²) in [7, 11) is 0. The van der Waals surface area contributed by atoms with Gasteiger partial charge in [-0.1, -0.05) is 0 Å². The Labute approximate surface area is 81.9 Å². The van der Waals surface area contributed by atoms with Gasteiger partial charge in [0.2, 0.25) is 0 Å². The molecule has 12 heavy (non-hydrogen) atoms. The van der Waals surface area contributed by atoms with E-state index in [9.17, 15) is 14.0 Å². The Morgan fingerprint density at radius 2 is 1.67 bits per heavy atom. The van der Waals surface area contributed by atoms with E-state index in [0.717, 1.165) is 0 Å². The lowest BCUT2D eigenvalue weighted by molar-refractivity contribution is 0.110. The van der Waals surface area contributed by atoms with Crippen molar-refractivity contribution in [2.75, 3.05) is 0 Å². The number of halogens is 2. The van der Waals surface area contributed by atoms with Crippen LogP contribution in [0, 0.1) is 9.39 Å². The van der Waals surface area contributed by atoms with Crippen molar-refractivity contribution >= 4 is 35.2 Å². The molecule has 1 aromatic rings. The fourth-order valence-electron chi connectivity index (χ4n) is 0.761. The summed E-state index contributed by atoms with van der Waals surface area (Å²) >= 11 is 1.69. The van der Waals surface area contributed by atoms with Crippen LogP contribution < -0.4 is 0 Å². The Hall–Kier alpha value is -0.780. The number of carbonyl (C=O) groups is 2. The van der Waals surface area contributed by atoms with Crippen molar-refractivity contribution in [3.63, 3.8) is 0 Å². The van der Waals surface area contributed by atoms with Gasteiger partial charge in [0.15, 0.2) is 12.6 Å². The Kier molecular flexibility index (Phi) is 2.91. The summed E-state index contributed by atoms with van der Waals surface area (Å²) in [4.78, 5) is 20.6. The molecule has 62 valence electrons. The highest BCUT2D eigenvalue weighted by Crippen LogP contribution is 2.17. The predicted octanol–water partition coefficient (Wildman–Crippen LogP) is 2.06. The van der Waals surface area contributed by atoms with Gasteiger partial charge >= 0.3 is 0 Å². The maximum atomic E-state index is 13.1. The minimum atomic E-state index is -0.629. The van der Waals surface area contributed by atoms with Crippen molar-refractivity contribution < 1.29 is 14.0 Å². The number of carbonyl (C=O) groups excluding carboxylic acids is 2. The Morgan fingerprint density at radius 1 is 1.17 bits per heavy atom. The van der Waals surface area contributed by atoms with Crippen molar-refractivity contribution in [2.45, 2.75) is 0 Å². The smallest absolute Gasteiger partial charge is 0.153 e. The highest BCUT2D eigenvalue weighted by Gasteiger charge is 2.09. The zero-order chi connectivity index (χ0) is 9.14. The largest absolute Gasteiger partial charge is 0.298 e. The molecule has 0 aromatic heterocycles. The Balaban J connectivity index is 3.38. The van der Waals surface area contributed by atoms with Crippen LogP contribution in [0.25, 0.3) is 0 Å². The summed E-state index contributed by atoms with van der Waals surface area (Å²) in [6.07, 6.45) is 0.978. The van der Waals surface area contributed by atoms with E-state index in [4.69, 9.17) is 0 Å². The third kappa shape index (κ3) is 1.52. The normalized spacial score (nSPS) is 9.50. The molecule has 0 amide bonds. The summed E-state index contributed by atoms with van der Waals surface area (Å²) in [6.45, 7) is 0. The van der Waals surface area contributed by atoms with E-state index in [0.29, 0.717) is 12.6 Å². The summed E-state index contributed by atoms with van der Waals surface area (Å²) in [5, 5.41) is 0. The molecule has 0 fully saturated rings. The maximum absolute atomic E-state index is 13.1. The van der Waals surface area contributed by atoms with Crippen molar-refractivity contribution in [3.05, 3.63) is 32.6 Å². The standard InChI is InChI=1S/C8H4FIO2/c9-7-5(3-11)1-2-6(4-12)8(7)10/h1-4H. The van der Waals surface area contributed by atoms with Crippen LogP contribution >= 0.6 is 22.6 Å². The van der Waals surface area contributed by atoms with Gasteiger partial charge in [0, 0.05) is 5.56 Å². The van der Waals surface area contributed by atoms with Gasteiger partial charge in [-0.05, 0) is 34.7 Å². The van der Waals surface area contributed by atoms with Gasteiger partial charge in [0.25, 0.3) is 0 Å². The van der Waals surface area contributed by atoms with Gasteiger partial charge < -0.3 is 0 Å². The molecule has 1 rings (SSSR count). The van der Waals surface area contributed by atoms with Crippen LogP contribution in [0.5, 0.6) is 0 Å².